The molecule has 0 saturated heterocycles. The molecule has 144 valence electrons. The summed E-state index contributed by atoms with van der Waals surface area (Å²) in [4.78, 5) is 24.9. The molecular formula is C20H35NO4. The monoisotopic (exact) mass is 353 g/mol. The van der Waals surface area contributed by atoms with Crippen molar-refractivity contribution in [1.82, 2.24) is 4.90 Å². The Balaban J connectivity index is 3.72. The van der Waals surface area contributed by atoms with E-state index in [9.17, 15) is 9.59 Å². The average Bonchev–Trinajstić information content (AvgIpc) is 2.61. The second-order valence-corrected chi connectivity index (χ2v) is 6.26. The molecule has 0 fully saturated rings. The van der Waals surface area contributed by atoms with Crippen LogP contribution in [0.1, 0.15) is 78.6 Å². The van der Waals surface area contributed by atoms with Crippen LogP contribution in [0.4, 0.5) is 4.79 Å². The second kappa shape index (κ2) is 15.8. The van der Waals surface area contributed by atoms with Crippen LogP contribution in [0, 0.1) is 11.8 Å². The van der Waals surface area contributed by atoms with E-state index in [1.807, 2.05) is 0 Å². The third kappa shape index (κ3) is 12.3. The number of hydrogen-bond donors (Lipinski definition) is 0. The third-order valence-corrected chi connectivity index (χ3v) is 4.15. The molecular weight excluding hydrogens is 318 g/mol. The van der Waals surface area contributed by atoms with E-state index in [4.69, 9.17) is 9.47 Å². The van der Waals surface area contributed by atoms with Crippen molar-refractivity contribution in [2.45, 2.75) is 84.6 Å². The lowest BCUT2D eigenvalue weighted by molar-refractivity contribution is -0.148. The number of amides is 1. The first-order valence-electron chi connectivity index (χ1n) is 9.50. The van der Waals surface area contributed by atoms with E-state index in [0.29, 0.717) is 6.61 Å². The van der Waals surface area contributed by atoms with Gasteiger partial charge in [-0.2, -0.15) is 0 Å². The number of hydrogen-bond acceptors (Lipinski definition) is 4. The van der Waals surface area contributed by atoms with E-state index < -0.39 is 18.1 Å². The van der Waals surface area contributed by atoms with E-state index in [1.165, 1.54) is 56.9 Å². The van der Waals surface area contributed by atoms with Crippen LogP contribution in [0.15, 0.2) is 0 Å². The Morgan fingerprint density at radius 1 is 0.960 bits per heavy atom. The van der Waals surface area contributed by atoms with Gasteiger partial charge < -0.3 is 9.47 Å². The van der Waals surface area contributed by atoms with Crippen LogP contribution < -0.4 is 0 Å². The highest BCUT2D eigenvalue weighted by molar-refractivity contribution is 5.80. The van der Waals surface area contributed by atoms with Crippen LogP contribution >= 0.6 is 0 Å². The first-order valence-corrected chi connectivity index (χ1v) is 9.50. The zero-order valence-corrected chi connectivity index (χ0v) is 16.4. The molecule has 0 aliphatic heterocycles. The maximum Gasteiger partial charge on any atom is 0.411 e. The number of nitrogens with zero attached hydrogens (tertiary/aromatic N) is 1. The lowest BCUT2D eigenvalue weighted by Crippen LogP contribution is -2.41. The lowest BCUT2D eigenvalue weighted by Gasteiger charge is -2.22. The van der Waals surface area contributed by atoms with Gasteiger partial charge >= 0.3 is 12.1 Å². The van der Waals surface area contributed by atoms with Crippen molar-refractivity contribution in [2.75, 3.05) is 20.3 Å². The van der Waals surface area contributed by atoms with Gasteiger partial charge in [0.1, 0.15) is 6.04 Å². The Labute approximate surface area is 153 Å². The average molecular weight is 354 g/mol. The fourth-order valence-electron chi connectivity index (χ4n) is 2.29. The Morgan fingerprint density at radius 3 is 2.08 bits per heavy atom. The maximum atomic E-state index is 12.0. The number of unbranched alkanes of at least 4 members (excludes halogenated alkanes) is 8. The predicted octanol–water partition coefficient (Wildman–Crippen LogP) is 4.54. The van der Waals surface area contributed by atoms with Crippen molar-refractivity contribution in [3.05, 3.63) is 0 Å². The number of carbonyl (C=O) groups excluding carboxylic acids is 2. The van der Waals surface area contributed by atoms with E-state index in [1.54, 1.807) is 13.8 Å². The molecule has 0 aromatic carbocycles. The van der Waals surface area contributed by atoms with E-state index >= 15 is 0 Å². The van der Waals surface area contributed by atoms with Gasteiger partial charge in [-0.15, -0.1) is 5.92 Å². The molecule has 0 N–H and O–H groups in total. The topological polar surface area (TPSA) is 55.8 Å². The van der Waals surface area contributed by atoms with Crippen molar-refractivity contribution in [3.63, 3.8) is 0 Å². The number of rotatable bonds is 13. The number of ether oxygens (including phenoxy) is 2. The van der Waals surface area contributed by atoms with Crippen molar-refractivity contribution in [3.8, 4) is 11.8 Å². The van der Waals surface area contributed by atoms with E-state index in [2.05, 4.69) is 18.8 Å². The summed E-state index contributed by atoms with van der Waals surface area (Å²) in [5.74, 6) is 4.87. The summed E-state index contributed by atoms with van der Waals surface area (Å²) < 4.78 is 10.2. The molecule has 0 radical (unpaired) electrons. The van der Waals surface area contributed by atoms with Gasteiger partial charge in [0.15, 0.2) is 6.61 Å². The Morgan fingerprint density at radius 2 is 1.52 bits per heavy atom. The minimum absolute atomic E-state index is 0.0277. The number of esters is 1. The molecule has 0 heterocycles. The molecule has 0 aromatic rings. The molecule has 25 heavy (non-hydrogen) atoms. The van der Waals surface area contributed by atoms with Crippen LogP contribution in [0.5, 0.6) is 0 Å². The fraction of sp³-hybridized carbons (Fsp3) is 0.800. The SMILES string of the molecule is CC#CCOC(=O)N(C)C(C)C(=O)OCCCCCCCCCCC. The molecule has 1 amide bonds. The number of carbonyl (C=O) groups is 2. The summed E-state index contributed by atoms with van der Waals surface area (Å²) in [5, 5.41) is 0. The molecule has 0 rings (SSSR count). The standard InChI is InChI=1S/C20H35NO4/c1-5-7-9-10-11-12-13-14-15-17-24-19(22)18(3)21(4)20(23)25-16-8-6-2/h18H,5,7,9-17H2,1-4H3. The van der Waals surface area contributed by atoms with Crippen molar-refractivity contribution >= 4 is 12.1 Å². The summed E-state index contributed by atoms with van der Waals surface area (Å²) >= 11 is 0. The van der Waals surface area contributed by atoms with Crippen molar-refractivity contribution in [2.24, 2.45) is 0 Å². The summed E-state index contributed by atoms with van der Waals surface area (Å²) in [5.41, 5.74) is 0. The smallest absolute Gasteiger partial charge is 0.411 e. The van der Waals surface area contributed by atoms with Gasteiger partial charge in [0.2, 0.25) is 0 Å². The van der Waals surface area contributed by atoms with Crippen molar-refractivity contribution in [1.29, 1.82) is 0 Å². The summed E-state index contributed by atoms with van der Waals surface area (Å²) in [6.07, 6.45) is 10.4. The second-order valence-electron chi connectivity index (χ2n) is 6.26. The molecule has 0 aromatic heterocycles. The van der Waals surface area contributed by atoms with Gasteiger partial charge in [0, 0.05) is 7.05 Å². The molecule has 0 bridgehead atoms. The van der Waals surface area contributed by atoms with Gasteiger partial charge in [-0.1, -0.05) is 64.2 Å². The molecule has 0 aliphatic carbocycles. The summed E-state index contributed by atoms with van der Waals surface area (Å²) in [7, 11) is 1.52. The summed E-state index contributed by atoms with van der Waals surface area (Å²) in [6.45, 7) is 5.96. The zero-order valence-electron chi connectivity index (χ0n) is 16.4. The number of likely N-dealkylation sites (N-methyl/N-ethyl adjacent to an activating group) is 1. The Hall–Kier alpha value is -1.70. The molecule has 5 heteroatoms. The van der Waals surface area contributed by atoms with Gasteiger partial charge in [0.05, 0.1) is 6.61 Å². The Kier molecular flexibility index (Phi) is 14.7. The van der Waals surface area contributed by atoms with Crippen LogP contribution in [-0.2, 0) is 14.3 Å². The van der Waals surface area contributed by atoms with Crippen LogP contribution in [0.2, 0.25) is 0 Å². The van der Waals surface area contributed by atoms with Crippen LogP contribution in [0.3, 0.4) is 0 Å². The van der Waals surface area contributed by atoms with Gasteiger partial charge in [-0.25, -0.2) is 9.59 Å². The molecule has 0 saturated carbocycles. The first-order chi connectivity index (χ1) is 12.0. The molecule has 5 nitrogen and oxygen atoms in total. The minimum Gasteiger partial charge on any atom is -0.464 e. The molecule has 1 unspecified atom stereocenters. The normalized spacial score (nSPS) is 11.2. The van der Waals surface area contributed by atoms with Crippen LogP contribution in [0.25, 0.3) is 0 Å². The summed E-state index contributed by atoms with van der Waals surface area (Å²) in [6, 6.07) is -0.666. The fourth-order valence-corrected chi connectivity index (χ4v) is 2.29. The third-order valence-electron chi connectivity index (χ3n) is 4.15. The molecule has 0 aliphatic rings. The highest BCUT2D eigenvalue weighted by atomic mass is 16.6. The van der Waals surface area contributed by atoms with Gasteiger partial charge in [0.25, 0.3) is 0 Å². The largest absolute Gasteiger partial charge is 0.464 e. The molecule has 0 spiro atoms. The van der Waals surface area contributed by atoms with Crippen molar-refractivity contribution < 1.29 is 19.1 Å². The van der Waals surface area contributed by atoms with E-state index in [-0.39, 0.29) is 6.61 Å². The van der Waals surface area contributed by atoms with E-state index in [0.717, 1.165) is 12.8 Å². The maximum absolute atomic E-state index is 12.0. The predicted molar refractivity (Wildman–Crippen MR) is 100 cm³/mol. The van der Waals surface area contributed by atoms with Gasteiger partial charge in [-0.05, 0) is 20.3 Å². The first kappa shape index (κ1) is 23.3. The minimum atomic E-state index is -0.666. The van der Waals surface area contributed by atoms with Gasteiger partial charge in [-0.3, -0.25) is 4.90 Å². The molecule has 1 atom stereocenters. The zero-order chi connectivity index (χ0) is 18.9. The Bertz CT molecular complexity index is 425. The highest BCUT2D eigenvalue weighted by Gasteiger charge is 2.24. The lowest BCUT2D eigenvalue weighted by atomic mass is 10.1. The quantitative estimate of drug-likeness (QED) is 0.277. The highest BCUT2D eigenvalue weighted by Crippen LogP contribution is 2.10. The van der Waals surface area contributed by atoms with Crippen LogP contribution in [-0.4, -0.2) is 43.3 Å².